The van der Waals surface area contributed by atoms with E-state index in [1.807, 2.05) is 0 Å². The van der Waals surface area contributed by atoms with Gasteiger partial charge in [0, 0.05) is 11.3 Å². The highest BCUT2D eigenvalue weighted by Gasteiger charge is 2.59. The number of rotatable bonds is 6. The van der Waals surface area contributed by atoms with Crippen molar-refractivity contribution in [1.29, 1.82) is 0 Å². The standard InChI is InChI=1S/C22H23F5N2O3/c1-4-19-21(31,15-6-5-7-18(12-15)32-22(25,26)27)29(14(3)13(2)23)20(30)28(19)17-10-8-16(24)9-11-17/h5-14,19,31H,4H2,1-3H3/t13?,14-,19?,21?/m0/s1. The minimum absolute atomic E-state index is 0.0726. The number of urea groups is 1. The largest absolute Gasteiger partial charge is 0.573 e. The van der Waals surface area contributed by atoms with Crippen LogP contribution in [0, 0.1) is 5.82 Å². The van der Waals surface area contributed by atoms with Crippen LogP contribution in [0.2, 0.25) is 0 Å². The van der Waals surface area contributed by atoms with E-state index in [4.69, 9.17) is 0 Å². The molecule has 1 heterocycles. The molecule has 3 unspecified atom stereocenters. The number of halogens is 5. The molecule has 1 saturated heterocycles. The minimum Gasteiger partial charge on any atom is -0.406 e. The highest BCUT2D eigenvalue weighted by atomic mass is 19.4. The zero-order valence-corrected chi connectivity index (χ0v) is 17.6. The lowest BCUT2D eigenvalue weighted by atomic mass is 9.91. The van der Waals surface area contributed by atoms with Crippen LogP contribution in [0.25, 0.3) is 0 Å². The molecule has 0 radical (unpaired) electrons. The number of ether oxygens (including phenoxy) is 1. The van der Waals surface area contributed by atoms with Crippen LogP contribution < -0.4 is 9.64 Å². The van der Waals surface area contributed by atoms with E-state index in [0.717, 1.165) is 29.2 Å². The molecular weight excluding hydrogens is 435 g/mol. The van der Waals surface area contributed by atoms with E-state index < -0.39 is 47.9 Å². The fraction of sp³-hybridized carbons (Fsp3) is 0.409. The van der Waals surface area contributed by atoms with Gasteiger partial charge in [-0.15, -0.1) is 13.2 Å². The molecule has 0 spiro atoms. The SMILES string of the molecule is CCC1N(c2ccc(F)cc2)C(=O)N([C@@H](C)C(C)F)C1(O)c1cccc(OC(F)(F)F)c1. The van der Waals surface area contributed by atoms with Gasteiger partial charge in [-0.3, -0.25) is 9.80 Å². The maximum Gasteiger partial charge on any atom is 0.573 e. The molecule has 1 aliphatic heterocycles. The Morgan fingerprint density at radius 2 is 1.78 bits per heavy atom. The number of alkyl halides is 4. The summed E-state index contributed by atoms with van der Waals surface area (Å²) in [4.78, 5) is 15.6. The van der Waals surface area contributed by atoms with E-state index in [-0.39, 0.29) is 17.7 Å². The van der Waals surface area contributed by atoms with Crippen molar-refractivity contribution < 1.29 is 36.6 Å². The van der Waals surface area contributed by atoms with Crippen LogP contribution in [0.4, 0.5) is 32.4 Å². The molecule has 1 N–H and O–H groups in total. The van der Waals surface area contributed by atoms with Gasteiger partial charge in [0.15, 0.2) is 5.72 Å². The molecule has 1 fully saturated rings. The summed E-state index contributed by atoms with van der Waals surface area (Å²) in [6, 6.07) is 6.67. The van der Waals surface area contributed by atoms with Crippen molar-refractivity contribution in [3.63, 3.8) is 0 Å². The zero-order valence-electron chi connectivity index (χ0n) is 17.6. The fourth-order valence-electron chi connectivity index (χ4n) is 4.04. The molecular formula is C22H23F5N2O3. The second-order valence-electron chi connectivity index (χ2n) is 7.64. The fourth-order valence-corrected chi connectivity index (χ4v) is 4.04. The molecule has 4 atom stereocenters. The number of anilines is 1. The topological polar surface area (TPSA) is 53.0 Å². The third kappa shape index (κ3) is 4.23. The Morgan fingerprint density at radius 3 is 2.31 bits per heavy atom. The molecule has 174 valence electrons. The highest BCUT2D eigenvalue weighted by molar-refractivity contribution is 5.96. The molecule has 1 aliphatic rings. The molecule has 10 heteroatoms. The van der Waals surface area contributed by atoms with E-state index in [1.54, 1.807) is 6.92 Å². The molecule has 0 bridgehead atoms. The first-order valence-electron chi connectivity index (χ1n) is 10.0. The lowest BCUT2D eigenvalue weighted by Crippen LogP contribution is -2.54. The Balaban J connectivity index is 2.18. The molecule has 5 nitrogen and oxygen atoms in total. The summed E-state index contributed by atoms with van der Waals surface area (Å²) in [5.74, 6) is -1.13. The summed E-state index contributed by atoms with van der Waals surface area (Å²) in [5.41, 5.74) is -2.01. The summed E-state index contributed by atoms with van der Waals surface area (Å²) in [6.07, 6.45) is -6.36. The molecule has 2 amide bonds. The van der Waals surface area contributed by atoms with Gasteiger partial charge in [-0.05, 0) is 56.7 Å². The Kier molecular flexibility index (Phi) is 6.37. The molecule has 2 aromatic rings. The van der Waals surface area contributed by atoms with Gasteiger partial charge in [0.2, 0.25) is 0 Å². The predicted octanol–water partition coefficient (Wildman–Crippen LogP) is 5.34. The zero-order chi connectivity index (χ0) is 23.8. The second kappa shape index (κ2) is 8.57. The maximum atomic E-state index is 14.3. The van der Waals surface area contributed by atoms with Crippen LogP contribution in [0.1, 0.15) is 32.8 Å². The molecule has 32 heavy (non-hydrogen) atoms. The van der Waals surface area contributed by atoms with Crippen molar-refractivity contribution in [2.45, 2.75) is 57.5 Å². The first-order chi connectivity index (χ1) is 14.9. The summed E-state index contributed by atoms with van der Waals surface area (Å²) in [5, 5.41) is 11.9. The van der Waals surface area contributed by atoms with Crippen LogP contribution in [0.5, 0.6) is 5.75 Å². The monoisotopic (exact) mass is 458 g/mol. The molecule has 2 aromatic carbocycles. The van der Waals surface area contributed by atoms with Crippen LogP contribution in [-0.2, 0) is 5.72 Å². The molecule has 0 aromatic heterocycles. The third-order valence-electron chi connectivity index (χ3n) is 5.61. The van der Waals surface area contributed by atoms with Gasteiger partial charge in [0.25, 0.3) is 0 Å². The maximum absolute atomic E-state index is 14.3. The Labute approximate surface area is 182 Å². The van der Waals surface area contributed by atoms with Crippen molar-refractivity contribution in [3.05, 3.63) is 59.9 Å². The van der Waals surface area contributed by atoms with E-state index >= 15 is 0 Å². The average Bonchev–Trinajstić information content (AvgIpc) is 2.94. The van der Waals surface area contributed by atoms with Crippen LogP contribution in [0.15, 0.2) is 48.5 Å². The number of hydrogen-bond acceptors (Lipinski definition) is 3. The number of nitrogens with zero attached hydrogens (tertiary/aromatic N) is 2. The lowest BCUT2D eigenvalue weighted by Gasteiger charge is -2.40. The Morgan fingerprint density at radius 1 is 1.16 bits per heavy atom. The number of amides is 2. The van der Waals surface area contributed by atoms with Crippen molar-refractivity contribution in [3.8, 4) is 5.75 Å². The van der Waals surface area contributed by atoms with Crippen LogP contribution in [-0.4, -0.2) is 40.7 Å². The van der Waals surface area contributed by atoms with Gasteiger partial charge in [0.05, 0.1) is 12.1 Å². The van der Waals surface area contributed by atoms with E-state index in [0.29, 0.717) is 0 Å². The number of hydrogen-bond donors (Lipinski definition) is 1. The summed E-state index contributed by atoms with van der Waals surface area (Å²) in [7, 11) is 0. The minimum atomic E-state index is -4.96. The molecule has 0 aliphatic carbocycles. The normalized spacial score (nSPS) is 23.4. The van der Waals surface area contributed by atoms with Crippen LogP contribution in [0.3, 0.4) is 0 Å². The number of carbonyl (C=O) groups is 1. The first-order valence-corrected chi connectivity index (χ1v) is 10.0. The van der Waals surface area contributed by atoms with Gasteiger partial charge >= 0.3 is 12.4 Å². The number of benzene rings is 2. The van der Waals surface area contributed by atoms with E-state index in [9.17, 15) is 31.9 Å². The first kappa shape index (κ1) is 23.8. The smallest absolute Gasteiger partial charge is 0.406 e. The highest BCUT2D eigenvalue weighted by Crippen LogP contribution is 2.45. The van der Waals surface area contributed by atoms with Crippen molar-refractivity contribution in [2.75, 3.05) is 4.90 Å². The van der Waals surface area contributed by atoms with Crippen LogP contribution >= 0.6 is 0 Å². The molecule has 3 rings (SSSR count). The quantitative estimate of drug-likeness (QED) is 0.595. The number of carbonyl (C=O) groups excluding carboxylic acids is 1. The van der Waals surface area contributed by atoms with Gasteiger partial charge < -0.3 is 9.84 Å². The van der Waals surface area contributed by atoms with E-state index in [1.165, 1.54) is 43.0 Å². The third-order valence-corrected chi connectivity index (χ3v) is 5.61. The average molecular weight is 458 g/mol. The predicted molar refractivity (Wildman–Crippen MR) is 107 cm³/mol. The van der Waals surface area contributed by atoms with Crippen molar-refractivity contribution in [1.82, 2.24) is 4.90 Å². The summed E-state index contributed by atoms with van der Waals surface area (Å²) < 4.78 is 70.0. The van der Waals surface area contributed by atoms with Gasteiger partial charge in [-0.2, -0.15) is 0 Å². The lowest BCUT2D eigenvalue weighted by molar-refractivity contribution is -0.274. The van der Waals surface area contributed by atoms with Gasteiger partial charge in [-0.25, -0.2) is 13.6 Å². The summed E-state index contributed by atoms with van der Waals surface area (Å²) >= 11 is 0. The van der Waals surface area contributed by atoms with Gasteiger partial charge in [0.1, 0.15) is 17.7 Å². The second-order valence-corrected chi connectivity index (χ2v) is 7.64. The number of aliphatic hydroxyl groups is 1. The van der Waals surface area contributed by atoms with Crippen molar-refractivity contribution in [2.24, 2.45) is 0 Å². The van der Waals surface area contributed by atoms with E-state index in [2.05, 4.69) is 4.74 Å². The van der Waals surface area contributed by atoms with Crippen molar-refractivity contribution >= 4 is 11.7 Å². The summed E-state index contributed by atoms with van der Waals surface area (Å²) in [6.45, 7) is 4.27. The Bertz CT molecular complexity index is 967. The Hall–Kier alpha value is -2.88. The molecule has 0 saturated carbocycles. The van der Waals surface area contributed by atoms with Gasteiger partial charge in [-0.1, -0.05) is 19.1 Å².